The summed E-state index contributed by atoms with van der Waals surface area (Å²) in [7, 11) is 0. The molecule has 1 aromatic heterocycles. The van der Waals surface area contributed by atoms with Crippen LogP contribution in [0.15, 0.2) is 64.1 Å². The zero-order valence-corrected chi connectivity index (χ0v) is 18.3. The fraction of sp³-hybridized carbons (Fsp3) is 0.130. The first-order valence-electron chi connectivity index (χ1n) is 9.73. The van der Waals surface area contributed by atoms with E-state index < -0.39 is 17.8 Å². The molecule has 3 rings (SSSR count). The second kappa shape index (κ2) is 11.0. The molecule has 0 saturated carbocycles. The maximum Gasteiger partial charge on any atom is 0.337 e. The lowest BCUT2D eigenvalue weighted by molar-refractivity contribution is -0.127. The maximum atomic E-state index is 11.8. The summed E-state index contributed by atoms with van der Waals surface area (Å²) in [6.45, 7) is 1.41. The second-order valence-electron chi connectivity index (χ2n) is 6.88. The number of nitrogens with one attached hydrogen (secondary N) is 2. The number of carbonyl (C=O) groups is 3. The number of nitrogens with zero attached hydrogens (tertiary/aromatic N) is 1. The highest BCUT2D eigenvalue weighted by atomic mass is 35.5. The van der Waals surface area contributed by atoms with Gasteiger partial charge in [0, 0.05) is 5.56 Å². The van der Waals surface area contributed by atoms with Gasteiger partial charge < -0.3 is 19.6 Å². The Morgan fingerprint density at radius 1 is 1.12 bits per heavy atom. The van der Waals surface area contributed by atoms with Crippen molar-refractivity contribution in [3.8, 4) is 17.1 Å². The number of amides is 2. The predicted octanol–water partition coefficient (Wildman–Crippen LogP) is 3.25. The van der Waals surface area contributed by atoms with E-state index in [9.17, 15) is 19.5 Å². The number of carboxylic acid groups (broad SMARTS) is 1. The molecule has 2 aromatic carbocycles. The largest absolute Gasteiger partial charge is 0.484 e. The summed E-state index contributed by atoms with van der Waals surface area (Å²) in [4.78, 5) is 34.9. The first kappa shape index (κ1) is 23.6. The minimum Gasteiger partial charge on any atom is -0.484 e. The molecule has 0 fully saturated rings. The van der Waals surface area contributed by atoms with Crippen LogP contribution in [0, 0.1) is 6.92 Å². The highest BCUT2D eigenvalue weighted by Crippen LogP contribution is 2.26. The van der Waals surface area contributed by atoms with Crippen LogP contribution in [-0.4, -0.2) is 42.3 Å². The van der Waals surface area contributed by atoms with E-state index in [2.05, 4.69) is 15.8 Å². The van der Waals surface area contributed by atoms with Gasteiger partial charge in [-0.3, -0.25) is 9.59 Å². The van der Waals surface area contributed by atoms with Gasteiger partial charge in [-0.2, -0.15) is 5.10 Å². The molecule has 0 spiro atoms. The van der Waals surface area contributed by atoms with E-state index in [1.54, 1.807) is 30.3 Å². The molecule has 0 radical (unpaired) electrons. The van der Waals surface area contributed by atoms with E-state index in [0.717, 1.165) is 5.56 Å². The Balaban J connectivity index is 1.45. The van der Waals surface area contributed by atoms with Gasteiger partial charge in [-0.15, -0.1) is 0 Å². The first-order valence-corrected chi connectivity index (χ1v) is 10.1. The number of hydrazone groups is 1. The smallest absolute Gasteiger partial charge is 0.337 e. The van der Waals surface area contributed by atoms with Gasteiger partial charge in [-0.1, -0.05) is 23.7 Å². The molecular weight excluding hydrogens is 450 g/mol. The van der Waals surface area contributed by atoms with Gasteiger partial charge >= 0.3 is 5.97 Å². The summed E-state index contributed by atoms with van der Waals surface area (Å²) in [5, 5.41) is 15.5. The van der Waals surface area contributed by atoms with Gasteiger partial charge in [0.1, 0.15) is 17.3 Å². The number of aryl methyl sites for hydroxylation is 1. The van der Waals surface area contributed by atoms with E-state index in [0.29, 0.717) is 22.8 Å². The maximum absolute atomic E-state index is 11.8. The number of halogens is 1. The minimum absolute atomic E-state index is 0.0422. The van der Waals surface area contributed by atoms with Crippen molar-refractivity contribution < 1.29 is 28.6 Å². The van der Waals surface area contributed by atoms with E-state index in [-0.39, 0.29) is 23.7 Å². The fourth-order valence-electron chi connectivity index (χ4n) is 2.71. The highest BCUT2D eigenvalue weighted by Gasteiger charge is 2.12. The number of ether oxygens (including phenoxy) is 1. The molecule has 2 amide bonds. The molecule has 0 saturated heterocycles. The van der Waals surface area contributed by atoms with Gasteiger partial charge in [-0.25, -0.2) is 10.2 Å². The number of furan rings is 1. The zero-order chi connectivity index (χ0) is 23.8. The van der Waals surface area contributed by atoms with Crippen LogP contribution >= 0.6 is 11.6 Å². The van der Waals surface area contributed by atoms with Crippen molar-refractivity contribution in [2.24, 2.45) is 5.10 Å². The molecule has 0 bridgehead atoms. The van der Waals surface area contributed by atoms with Crippen LogP contribution < -0.4 is 15.5 Å². The average Bonchev–Trinajstić information content (AvgIpc) is 3.25. The van der Waals surface area contributed by atoms with Gasteiger partial charge in [0.15, 0.2) is 6.61 Å². The molecule has 3 aromatic rings. The van der Waals surface area contributed by atoms with E-state index >= 15 is 0 Å². The number of rotatable bonds is 9. The Kier molecular flexibility index (Phi) is 7.82. The second-order valence-corrected chi connectivity index (χ2v) is 7.28. The van der Waals surface area contributed by atoms with Crippen LogP contribution in [0.5, 0.6) is 5.75 Å². The molecular formula is C23H20ClN3O6. The summed E-state index contributed by atoms with van der Waals surface area (Å²) in [6, 6.07) is 15.0. The number of hydrogen-bond acceptors (Lipinski definition) is 6. The lowest BCUT2D eigenvalue weighted by atomic mass is 10.1. The van der Waals surface area contributed by atoms with Crippen molar-refractivity contribution >= 4 is 35.6 Å². The van der Waals surface area contributed by atoms with Crippen LogP contribution in [0.2, 0.25) is 5.02 Å². The predicted molar refractivity (Wildman–Crippen MR) is 122 cm³/mol. The monoisotopic (exact) mass is 469 g/mol. The fourth-order valence-corrected chi connectivity index (χ4v) is 2.91. The lowest BCUT2D eigenvalue weighted by Crippen LogP contribution is -2.37. The van der Waals surface area contributed by atoms with Crippen molar-refractivity contribution in [3.05, 3.63) is 76.5 Å². The van der Waals surface area contributed by atoms with Crippen molar-refractivity contribution in [2.75, 3.05) is 13.2 Å². The third-order valence-electron chi connectivity index (χ3n) is 4.29. The number of carbonyl (C=O) groups excluding carboxylic acids is 2. The lowest BCUT2D eigenvalue weighted by Gasteiger charge is -2.07. The Morgan fingerprint density at radius 2 is 1.94 bits per heavy atom. The molecule has 10 heteroatoms. The van der Waals surface area contributed by atoms with Gasteiger partial charge in [0.2, 0.25) is 0 Å². The Hall–Kier alpha value is -4.11. The summed E-state index contributed by atoms with van der Waals surface area (Å²) >= 11 is 5.87. The highest BCUT2D eigenvalue weighted by molar-refractivity contribution is 6.33. The van der Waals surface area contributed by atoms with Crippen LogP contribution in [0.4, 0.5) is 0 Å². The van der Waals surface area contributed by atoms with Gasteiger partial charge in [0.25, 0.3) is 11.8 Å². The number of aromatic carboxylic acids is 1. The Labute approximate surface area is 194 Å². The molecule has 3 N–H and O–H groups in total. The van der Waals surface area contributed by atoms with Crippen LogP contribution in [0.1, 0.15) is 21.7 Å². The zero-order valence-electron chi connectivity index (χ0n) is 17.5. The van der Waals surface area contributed by atoms with E-state index in [1.165, 1.54) is 18.3 Å². The van der Waals surface area contributed by atoms with Crippen LogP contribution in [0.3, 0.4) is 0 Å². The van der Waals surface area contributed by atoms with Crippen molar-refractivity contribution in [2.45, 2.75) is 6.92 Å². The first-order chi connectivity index (χ1) is 15.8. The quantitative estimate of drug-likeness (QED) is 0.326. The summed E-state index contributed by atoms with van der Waals surface area (Å²) < 4.78 is 10.9. The van der Waals surface area contributed by atoms with Crippen molar-refractivity contribution in [1.82, 2.24) is 10.7 Å². The molecule has 0 aliphatic rings. The van der Waals surface area contributed by atoms with Gasteiger partial charge in [0.05, 0.1) is 23.3 Å². The third-order valence-corrected chi connectivity index (χ3v) is 4.62. The van der Waals surface area contributed by atoms with Crippen molar-refractivity contribution in [3.63, 3.8) is 0 Å². The Morgan fingerprint density at radius 3 is 2.70 bits per heavy atom. The van der Waals surface area contributed by atoms with Crippen molar-refractivity contribution in [1.29, 1.82) is 0 Å². The summed E-state index contributed by atoms with van der Waals surface area (Å²) in [5.41, 5.74) is 3.76. The molecule has 0 aliphatic heterocycles. The summed E-state index contributed by atoms with van der Waals surface area (Å²) in [6.07, 6.45) is 1.28. The van der Waals surface area contributed by atoms with E-state index in [1.807, 2.05) is 19.1 Å². The minimum atomic E-state index is -1.15. The normalized spacial score (nSPS) is 10.7. The number of carboxylic acids is 1. The standard InChI is InChI=1S/C23H20ClN3O6/c1-14-3-2-4-16(9-14)32-13-22(29)25-12-21(28)27-26-11-17-6-8-20(33-17)15-5-7-19(24)18(10-15)23(30)31/h2-11H,12-13H2,1H3,(H,25,29)(H,27,28)(H,30,31)/b26-11-. The topological polar surface area (TPSA) is 130 Å². The SMILES string of the molecule is Cc1cccc(OCC(=O)NCC(=O)N/N=C\c2ccc(-c3ccc(Cl)c(C(=O)O)c3)o2)c1. The molecule has 9 nitrogen and oxygen atoms in total. The molecule has 0 atom stereocenters. The Bertz CT molecular complexity index is 1200. The third kappa shape index (κ3) is 6.94. The molecule has 0 unspecified atom stereocenters. The van der Waals surface area contributed by atoms with Crippen LogP contribution in [-0.2, 0) is 9.59 Å². The molecule has 33 heavy (non-hydrogen) atoms. The van der Waals surface area contributed by atoms with Crippen LogP contribution in [0.25, 0.3) is 11.3 Å². The average molecular weight is 470 g/mol. The molecule has 170 valence electrons. The van der Waals surface area contributed by atoms with E-state index in [4.69, 9.17) is 20.8 Å². The molecule has 1 heterocycles. The van der Waals surface area contributed by atoms with Gasteiger partial charge in [-0.05, 0) is 55.0 Å². The summed E-state index contributed by atoms with van der Waals surface area (Å²) in [5.74, 6) is -0.835. The number of hydrogen-bond donors (Lipinski definition) is 3. The number of benzene rings is 2. The molecule has 0 aliphatic carbocycles.